The van der Waals surface area contributed by atoms with Crippen molar-refractivity contribution in [2.75, 3.05) is 6.54 Å². The van der Waals surface area contributed by atoms with Crippen molar-refractivity contribution in [1.29, 1.82) is 0 Å². The molecule has 0 aromatic heterocycles. The van der Waals surface area contributed by atoms with E-state index < -0.39 is 30.4 Å². The maximum Gasteiger partial charge on any atom is 0.326 e. The number of benzene rings is 1. The summed E-state index contributed by atoms with van der Waals surface area (Å²) in [5.74, 6) is -2.08. The molecule has 0 heterocycles. The molecule has 3 amide bonds. The number of nitrogens with one attached hydrogen (secondary N) is 2. The van der Waals surface area contributed by atoms with Crippen molar-refractivity contribution in [3.8, 4) is 0 Å². The minimum absolute atomic E-state index is 0.406. The molecular weight excluding hydrogens is 274 g/mol. The van der Waals surface area contributed by atoms with E-state index in [0.29, 0.717) is 6.54 Å². The van der Waals surface area contributed by atoms with E-state index in [1.54, 1.807) is 0 Å². The highest BCUT2D eigenvalue weighted by atomic mass is 16.4. The average molecular weight is 293 g/mol. The molecule has 0 spiro atoms. The number of hydrogen-bond donors (Lipinski definition) is 4. The first-order chi connectivity index (χ1) is 9.99. The third-order valence-electron chi connectivity index (χ3n) is 2.78. The Morgan fingerprint density at radius 2 is 1.86 bits per heavy atom. The SMILES string of the molecule is NC(=O)C[C@H](NC(=O)NCCCc1ccccc1)C(=O)O. The smallest absolute Gasteiger partial charge is 0.326 e. The number of aryl methyl sites for hydroxylation is 1. The summed E-state index contributed by atoms with van der Waals surface area (Å²) in [4.78, 5) is 33.0. The van der Waals surface area contributed by atoms with Crippen LogP contribution in [0.25, 0.3) is 0 Å². The number of carbonyl (C=O) groups excluding carboxylic acids is 2. The fourth-order valence-corrected chi connectivity index (χ4v) is 1.75. The van der Waals surface area contributed by atoms with E-state index in [9.17, 15) is 14.4 Å². The fraction of sp³-hybridized carbons (Fsp3) is 0.357. The minimum Gasteiger partial charge on any atom is -0.480 e. The summed E-state index contributed by atoms with van der Waals surface area (Å²) in [7, 11) is 0. The Kier molecular flexibility index (Phi) is 6.73. The lowest BCUT2D eigenvalue weighted by Crippen LogP contribution is -2.47. The highest BCUT2D eigenvalue weighted by molar-refractivity contribution is 5.87. The van der Waals surface area contributed by atoms with E-state index in [2.05, 4.69) is 10.6 Å². The van der Waals surface area contributed by atoms with Gasteiger partial charge in [0.25, 0.3) is 0 Å². The summed E-state index contributed by atoms with van der Waals surface area (Å²) in [5, 5.41) is 13.6. The average Bonchev–Trinajstić information content (AvgIpc) is 2.43. The molecule has 1 aromatic rings. The van der Waals surface area contributed by atoms with Crippen molar-refractivity contribution in [2.24, 2.45) is 5.73 Å². The zero-order valence-electron chi connectivity index (χ0n) is 11.5. The van der Waals surface area contributed by atoms with E-state index in [1.165, 1.54) is 0 Å². The first-order valence-corrected chi connectivity index (χ1v) is 6.58. The van der Waals surface area contributed by atoms with Gasteiger partial charge in [-0.05, 0) is 18.4 Å². The number of carboxylic acid groups (broad SMARTS) is 1. The maximum absolute atomic E-state index is 11.5. The van der Waals surface area contributed by atoms with Crippen molar-refractivity contribution in [3.63, 3.8) is 0 Å². The molecule has 0 bridgehead atoms. The zero-order valence-corrected chi connectivity index (χ0v) is 11.5. The summed E-state index contributed by atoms with van der Waals surface area (Å²) in [5.41, 5.74) is 6.08. The van der Waals surface area contributed by atoms with Crippen LogP contribution in [0.3, 0.4) is 0 Å². The topological polar surface area (TPSA) is 122 Å². The molecule has 1 rings (SSSR count). The monoisotopic (exact) mass is 293 g/mol. The highest BCUT2D eigenvalue weighted by Crippen LogP contribution is 2.01. The molecule has 0 aliphatic heterocycles. The Bertz CT molecular complexity index is 490. The van der Waals surface area contributed by atoms with Crippen LogP contribution in [0.15, 0.2) is 30.3 Å². The predicted octanol–water partition coefficient (Wildman–Crippen LogP) is 0.247. The third-order valence-corrected chi connectivity index (χ3v) is 2.78. The van der Waals surface area contributed by atoms with Crippen LogP contribution in [0.5, 0.6) is 0 Å². The second kappa shape index (κ2) is 8.57. The van der Waals surface area contributed by atoms with E-state index >= 15 is 0 Å². The molecule has 0 radical (unpaired) electrons. The number of nitrogens with two attached hydrogens (primary N) is 1. The zero-order chi connectivity index (χ0) is 15.7. The summed E-state index contributed by atoms with van der Waals surface area (Å²) in [6, 6.07) is 7.86. The summed E-state index contributed by atoms with van der Waals surface area (Å²) in [6.45, 7) is 0.406. The fourth-order valence-electron chi connectivity index (χ4n) is 1.75. The molecule has 0 saturated carbocycles. The van der Waals surface area contributed by atoms with Crippen LogP contribution in [0.2, 0.25) is 0 Å². The number of primary amides is 1. The first-order valence-electron chi connectivity index (χ1n) is 6.58. The molecule has 1 aromatic carbocycles. The molecule has 1 atom stereocenters. The number of amides is 3. The lowest BCUT2D eigenvalue weighted by Gasteiger charge is -2.13. The molecule has 0 saturated heterocycles. The Labute approximate surface area is 122 Å². The quantitative estimate of drug-likeness (QED) is 0.513. The molecular formula is C14H19N3O4. The highest BCUT2D eigenvalue weighted by Gasteiger charge is 2.21. The molecule has 0 aliphatic carbocycles. The van der Waals surface area contributed by atoms with Gasteiger partial charge in [-0.1, -0.05) is 30.3 Å². The lowest BCUT2D eigenvalue weighted by molar-refractivity contribution is -0.140. The Hall–Kier alpha value is -2.57. The van der Waals surface area contributed by atoms with E-state index in [-0.39, 0.29) is 0 Å². The van der Waals surface area contributed by atoms with E-state index in [0.717, 1.165) is 18.4 Å². The van der Waals surface area contributed by atoms with Crippen LogP contribution in [0.1, 0.15) is 18.4 Å². The Balaban J connectivity index is 2.26. The number of urea groups is 1. The van der Waals surface area contributed by atoms with Gasteiger partial charge in [0.05, 0.1) is 6.42 Å². The van der Waals surface area contributed by atoms with Gasteiger partial charge in [0.1, 0.15) is 6.04 Å². The number of carboxylic acids is 1. The standard InChI is InChI=1S/C14H19N3O4/c15-12(18)9-11(13(19)20)17-14(21)16-8-4-7-10-5-2-1-3-6-10/h1-3,5-6,11H,4,7-9H2,(H2,15,18)(H,19,20)(H2,16,17,21)/t11-/m0/s1. The van der Waals surface area contributed by atoms with Gasteiger partial charge in [-0.25, -0.2) is 9.59 Å². The van der Waals surface area contributed by atoms with Crippen molar-refractivity contribution >= 4 is 17.9 Å². The molecule has 5 N–H and O–H groups in total. The van der Waals surface area contributed by atoms with Crippen LogP contribution in [-0.4, -0.2) is 35.6 Å². The van der Waals surface area contributed by atoms with Crippen molar-refractivity contribution in [1.82, 2.24) is 10.6 Å². The van der Waals surface area contributed by atoms with Gasteiger partial charge >= 0.3 is 12.0 Å². The van der Waals surface area contributed by atoms with Crippen molar-refractivity contribution < 1.29 is 19.5 Å². The molecule has 114 valence electrons. The van der Waals surface area contributed by atoms with Crippen LogP contribution < -0.4 is 16.4 Å². The van der Waals surface area contributed by atoms with Gasteiger partial charge in [0, 0.05) is 6.54 Å². The molecule has 0 unspecified atom stereocenters. The second-order valence-corrected chi connectivity index (χ2v) is 4.55. The van der Waals surface area contributed by atoms with Crippen LogP contribution in [-0.2, 0) is 16.0 Å². The van der Waals surface area contributed by atoms with Crippen molar-refractivity contribution in [3.05, 3.63) is 35.9 Å². The van der Waals surface area contributed by atoms with Gasteiger partial charge < -0.3 is 21.5 Å². The van der Waals surface area contributed by atoms with Gasteiger partial charge in [-0.3, -0.25) is 4.79 Å². The van der Waals surface area contributed by atoms with Gasteiger partial charge in [0.15, 0.2) is 0 Å². The third kappa shape index (κ3) is 6.95. The molecule has 21 heavy (non-hydrogen) atoms. The lowest BCUT2D eigenvalue weighted by atomic mass is 10.1. The predicted molar refractivity (Wildman–Crippen MR) is 76.5 cm³/mol. The molecule has 0 aliphatic rings. The number of carbonyl (C=O) groups is 3. The number of rotatable bonds is 8. The number of aliphatic carboxylic acids is 1. The summed E-state index contributed by atoms with van der Waals surface area (Å²) < 4.78 is 0. The normalized spacial score (nSPS) is 11.4. The molecule has 7 heteroatoms. The van der Waals surface area contributed by atoms with Gasteiger partial charge in [0.2, 0.25) is 5.91 Å². The van der Waals surface area contributed by atoms with Crippen LogP contribution >= 0.6 is 0 Å². The Morgan fingerprint density at radius 1 is 1.19 bits per heavy atom. The van der Waals surface area contributed by atoms with Gasteiger partial charge in [-0.15, -0.1) is 0 Å². The molecule has 7 nitrogen and oxygen atoms in total. The first kappa shape index (κ1) is 16.5. The van der Waals surface area contributed by atoms with Gasteiger partial charge in [-0.2, -0.15) is 0 Å². The van der Waals surface area contributed by atoms with Crippen molar-refractivity contribution in [2.45, 2.75) is 25.3 Å². The summed E-state index contributed by atoms with van der Waals surface area (Å²) >= 11 is 0. The van der Waals surface area contributed by atoms with Crippen LogP contribution in [0, 0.1) is 0 Å². The van der Waals surface area contributed by atoms with E-state index in [1.807, 2.05) is 30.3 Å². The summed E-state index contributed by atoms with van der Waals surface area (Å²) in [6.07, 6.45) is 1.10. The minimum atomic E-state index is -1.31. The van der Waals surface area contributed by atoms with Crippen LogP contribution in [0.4, 0.5) is 4.79 Å². The number of hydrogen-bond acceptors (Lipinski definition) is 3. The largest absolute Gasteiger partial charge is 0.480 e. The maximum atomic E-state index is 11.5. The Morgan fingerprint density at radius 3 is 2.43 bits per heavy atom. The second-order valence-electron chi connectivity index (χ2n) is 4.55. The van der Waals surface area contributed by atoms with E-state index in [4.69, 9.17) is 10.8 Å². The molecule has 0 fully saturated rings.